The van der Waals surface area contributed by atoms with Crippen LogP contribution < -0.4 is 11.1 Å². The van der Waals surface area contributed by atoms with Gasteiger partial charge >= 0.3 is 0 Å². The molecular formula is C12H21N5O. The number of nitrogens with one attached hydrogen (secondary N) is 1. The number of hydrogen-bond donors (Lipinski definition) is 2. The number of hydrogen-bond acceptors (Lipinski definition) is 4. The van der Waals surface area contributed by atoms with E-state index in [9.17, 15) is 4.79 Å². The molecule has 1 heterocycles. The Morgan fingerprint density at radius 2 is 2.33 bits per heavy atom. The highest BCUT2D eigenvalue weighted by Crippen LogP contribution is 2.28. The summed E-state index contributed by atoms with van der Waals surface area (Å²) in [6, 6.07) is 0. The van der Waals surface area contributed by atoms with Gasteiger partial charge in [-0.25, -0.2) is 9.67 Å². The van der Waals surface area contributed by atoms with Crippen molar-refractivity contribution in [3.63, 3.8) is 0 Å². The van der Waals surface area contributed by atoms with Gasteiger partial charge in [-0.2, -0.15) is 0 Å². The predicted octanol–water partition coefficient (Wildman–Crippen LogP) is 0.803. The highest BCUT2D eigenvalue weighted by Gasteiger charge is 2.21. The van der Waals surface area contributed by atoms with Gasteiger partial charge in [0.25, 0.3) is 0 Å². The molecule has 0 saturated heterocycles. The summed E-state index contributed by atoms with van der Waals surface area (Å²) in [5.41, 5.74) is 5.39. The summed E-state index contributed by atoms with van der Waals surface area (Å²) in [5, 5.41) is 6.86. The van der Waals surface area contributed by atoms with Crippen LogP contribution in [0.15, 0.2) is 6.33 Å². The quantitative estimate of drug-likeness (QED) is 0.829. The molecule has 100 valence electrons. The van der Waals surface area contributed by atoms with Crippen LogP contribution in [0.3, 0.4) is 0 Å². The molecule has 1 saturated carbocycles. The first-order valence-electron chi connectivity index (χ1n) is 6.57. The van der Waals surface area contributed by atoms with Crippen molar-refractivity contribution in [1.82, 2.24) is 20.1 Å². The van der Waals surface area contributed by atoms with Crippen LogP contribution in [0.1, 0.15) is 32.6 Å². The van der Waals surface area contributed by atoms with Crippen molar-refractivity contribution in [2.75, 3.05) is 12.3 Å². The van der Waals surface area contributed by atoms with E-state index in [-0.39, 0.29) is 18.4 Å². The first-order chi connectivity index (χ1) is 8.65. The van der Waals surface area contributed by atoms with Crippen LogP contribution in [0, 0.1) is 11.8 Å². The van der Waals surface area contributed by atoms with E-state index in [1.165, 1.54) is 36.7 Å². The molecule has 1 fully saturated rings. The molecular weight excluding hydrogens is 230 g/mol. The molecule has 1 aromatic rings. The maximum Gasteiger partial charge on any atom is 0.241 e. The van der Waals surface area contributed by atoms with Gasteiger partial charge in [0.15, 0.2) is 0 Å². The van der Waals surface area contributed by atoms with E-state index < -0.39 is 0 Å². The van der Waals surface area contributed by atoms with E-state index in [2.05, 4.69) is 22.3 Å². The third-order valence-corrected chi connectivity index (χ3v) is 3.71. The van der Waals surface area contributed by atoms with Gasteiger partial charge in [0, 0.05) is 6.54 Å². The van der Waals surface area contributed by atoms with Crippen molar-refractivity contribution in [3.05, 3.63) is 6.33 Å². The van der Waals surface area contributed by atoms with Gasteiger partial charge in [0.1, 0.15) is 12.9 Å². The Bertz CT molecular complexity index is 403. The summed E-state index contributed by atoms with van der Waals surface area (Å²) in [6.07, 6.45) is 6.57. The number of aromatic nitrogens is 3. The zero-order valence-electron chi connectivity index (χ0n) is 10.8. The maximum absolute atomic E-state index is 11.7. The second kappa shape index (κ2) is 5.84. The van der Waals surface area contributed by atoms with Crippen LogP contribution in [0.5, 0.6) is 0 Å². The van der Waals surface area contributed by atoms with Crippen LogP contribution in [0.25, 0.3) is 0 Å². The molecule has 0 aromatic carbocycles. The Morgan fingerprint density at radius 1 is 1.56 bits per heavy atom. The molecule has 0 aliphatic heterocycles. The summed E-state index contributed by atoms with van der Waals surface area (Å²) in [6.45, 7) is 3.23. The Balaban J connectivity index is 1.74. The lowest BCUT2D eigenvalue weighted by atomic mass is 9.80. The lowest BCUT2D eigenvalue weighted by Gasteiger charge is -2.28. The number of carbonyl (C=O) groups is 1. The lowest BCUT2D eigenvalue weighted by molar-refractivity contribution is -0.122. The minimum atomic E-state index is -0.0299. The fourth-order valence-corrected chi connectivity index (χ4v) is 2.53. The van der Waals surface area contributed by atoms with E-state index in [0.717, 1.165) is 6.54 Å². The number of carbonyl (C=O) groups excluding carboxylic acids is 1. The number of nitrogens with two attached hydrogens (primary N) is 1. The number of rotatable bonds is 4. The zero-order chi connectivity index (χ0) is 13.0. The number of nitrogen functional groups attached to an aromatic ring is 1. The minimum absolute atomic E-state index is 0.0299. The van der Waals surface area contributed by atoms with Gasteiger partial charge in [-0.1, -0.05) is 26.2 Å². The summed E-state index contributed by atoms with van der Waals surface area (Å²) in [4.78, 5) is 15.5. The van der Waals surface area contributed by atoms with Crippen molar-refractivity contribution >= 4 is 11.9 Å². The molecule has 0 bridgehead atoms. The van der Waals surface area contributed by atoms with Crippen LogP contribution >= 0.6 is 0 Å². The average molecular weight is 251 g/mol. The predicted molar refractivity (Wildman–Crippen MR) is 68.6 cm³/mol. The third-order valence-electron chi connectivity index (χ3n) is 3.71. The highest BCUT2D eigenvalue weighted by molar-refractivity contribution is 5.75. The first kappa shape index (κ1) is 12.9. The van der Waals surface area contributed by atoms with E-state index in [1.54, 1.807) is 0 Å². The molecule has 2 rings (SSSR count). The molecule has 1 aliphatic rings. The summed E-state index contributed by atoms with van der Waals surface area (Å²) in [7, 11) is 0. The summed E-state index contributed by atoms with van der Waals surface area (Å²) in [5.74, 6) is 1.49. The van der Waals surface area contributed by atoms with Crippen LogP contribution in [0.4, 0.5) is 5.95 Å². The first-order valence-corrected chi connectivity index (χ1v) is 6.57. The van der Waals surface area contributed by atoms with Crippen molar-refractivity contribution in [1.29, 1.82) is 0 Å². The van der Waals surface area contributed by atoms with Gasteiger partial charge in [-0.15, -0.1) is 5.10 Å². The molecule has 6 heteroatoms. The summed E-state index contributed by atoms with van der Waals surface area (Å²) < 4.78 is 1.45. The largest absolute Gasteiger partial charge is 0.367 e. The van der Waals surface area contributed by atoms with E-state index in [4.69, 9.17) is 5.73 Å². The SMILES string of the molecule is CC1CCCCC1CNC(=O)Cn1cnc(N)n1. The Morgan fingerprint density at radius 3 is 3.00 bits per heavy atom. The molecule has 18 heavy (non-hydrogen) atoms. The highest BCUT2D eigenvalue weighted by atomic mass is 16.2. The van der Waals surface area contributed by atoms with Crippen molar-refractivity contribution in [2.24, 2.45) is 11.8 Å². The smallest absolute Gasteiger partial charge is 0.241 e. The fraction of sp³-hybridized carbons (Fsp3) is 0.750. The zero-order valence-corrected chi connectivity index (χ0v) is 10.8. The lowest BCUT2D eigenvalue weighted by Crippen LogP contribution is -2.35. The van der Waals surface area contributed by atoms with E-state index >= 15 is 0 Å². The molecule has 2 unspecified atom stereocenters. The fourth-order valence-electron chi connectivity index (χ4n) is 2.53. The molecule has 6 nitrogen and oxygen atoms in total. The minimum Gasteiger partial charge on any atom is -0.367 e. The topological polar surface area (TPSA) is 85.8 Å². The Kier molecular flexibility index (Phi) is 4.17. The number of amides is 1. The monoisotopic (exact) mass is 251 g/mol. The maximum atomic E-state index is 11.7. The number of nitrogens with zero attached hydrogens (tertiary/aromatic N) is 3. The Hall–Kier alpha value is -1.59. The van der Waals surface area contributed by atoms with E-state index in [1.807, 2.05) is 0 Å². The van der Waals surface area contributed by atoms with Crippen molar-refractivity contribution in [3.8, 4) is 0 Å². The third kappa shape index (κ3) is 3.45. The van der Waals surface area contributed by atoms with Gasteiger partial charge in [0.2, 0.25) is 11.9 Å². The average Bonchev–Trinajstić information content (AvgIpc) is 2.74. The Labute approximate surface area is 107 Å². The molecule has 0 radical (unpaired) electrons. The molecule has 2 atom stereocenters. The van der Waals surface area contributed by atoms with Gasteiger partial charge in [-0.3, -0.25) is 4.79 Å². The van der Waals surface area contributed by atoms with Gasteiger partial charge in [-0.05, 0) is 18.3 Å². The molecule has 3 N–H and O–H groups in total. The van der Waals surface area contributed by atoms with Crippen molar-refractivity contribution < 1.29 is 4.79 Å². The van der Waals surface area contributed by atoms with Crippen LogP contribution in [0.2, 0.25) is 0 Å². The molecule has 1 amide bonds. The van der Waals surface area contributed by atoms with Crippen LogP contribution in [-0.4, -0.2) is 27.2 Å². The normalized spacial score (nSPS) is 23.8. The van der Waals surface area contributed by atoms with E-state index in [0.29, 0.717) is 11.8 Å². The summed E-state index contributed by atoms with van der Waals surface area (Å²) >= 11 is 0. The molecule has 0 spiro atoms. The second-order valence-corrected chi connectivity index (χ2v) is 5.13. The van der Waals surface area contributed by atoms with Crippen molar-refractivity contribution in [2.45, 2.75) is 39.2 Å². The molecule has 1 aromatic heterocycles. The van der Waals surface area contributed by atoms with Gasteiger partial charge < -0.3 is 11.1 Å². The second-order valence-electron chi connectivity index (χ2n) is 5.13. The van der Waals surface area contributed by atoms with Gasteiger partial charge in [0.05, 0.1) is 0 Å². The molecule has 1 aliphatic carbocycles. The number of anilines is 1. The van der Waals surface area contributed by atoms with Crippen LogP contribution in [-0.2, 0) is 11.3 Å². The standard InChI is InChI=1S/C12H21N5O/c1-9-4-2-3-5-10(9)6-14-11(18)7-17-8-15-12(13)16-17/h8-10H,2-7H2,1H3,(H2,13,16)(H,14,18).